The minimum Gasteiger partial charge on any atom is -0.306 e. The molecule has 0 bridgehead atoms. The highest BCUT2D eigenvalue weighted by Gasteiger charge is 2.52. The first-order valence-electron chi connectivity index (χ1n) is 11.0. The van der Waals surface area contributed by atoms with Gasteiger partial charge < -0.3 is 4.90 Å². The second kappa shape index (κ2) is 8.84. The van der Waals surface area contributed by atoms with Crippen molar-refractivity contribution in [3.8, 4) is 0 Å². The standard InChI is InChI=1S/C22H24ClN5O4S3/c1-12-16(33-13(2)25-12)11-28-20-15(8-18(34-20)35(31,32)26-22(3)6-7-22)19(29)27(21(28)30)10-14-4-5-17(23)24-9-14/h4-5,8-9,15,20,26H,6-7,10-11H2,1-3H3. The normalized spacial score (nSPS) is 23.5. The molecule has 35 heavy (non-hydrogen) atoms. The molecule has 186 valence electrons. The Morgan fingerprint density at radius 2 is 1.97 bits per heavy atom. The number of aryl methyl sites for hydroxylation is 2. The van der Waals surface area contributed by atoms with Crippen LogP contribution in [0.1, 0.15) is 40.9 Å². The fraction of sp³-hybridized carbons (Fsp3) is 0.455. The van der Waals surface area contributed by atoms with Gasteiger partial charge in [-0.2, -0.15) is 0 Å². The van der Waals surface area contributed by atoms with E-state index in [0.717, 1.165) is 45.1 Å². The summed E-state index contributed by atoms with van der Waals surface area (Å²) < 4.78 is 29.0. The van der Waals surface area contributed by atoms with Crippen molar-refractivity contribution < 1.29 is 18.0 Å². The number of amides is 3. The van der Waals surface area contributed by atoms with Gasteiger partial charge in [-0.3, -0.25) is 9.69 Å². The van der Waals surface area contributed by atoms with Crippen molar-refractivity contribution in [2.45, 2.75) is 57.6 Å². The van der Waals surface area contributed by atoms with Crippen LogP contribution in [0.2, 0.25) is 5.15 Å². The minimum absolute atomic E-state index is 0.0131. The number of sulfonamides is 1. The van der Waals surface area contributed by atoms with Gasteiger partial charge in [0.25, 0.3) is 0 Å². The maximum absolute atomic E-state index is 13.6. The summed E-state index contributed by atoms with van der Waals surface area (Å²) in [5.74, 6) is -1.22. The molecular weight excluding hydrogens is 530 g/mol. The number of thiazole rings is 1. The number of imide groups is 1. The average molecular weight is 554 g/mol. The predicted molar refractivity (Wildman–Crippen MR) is 135 cm³/mol. The molecule has 2 atom stereocenters. The SMILES string of the molecule is Cc1nc(C)c(CN2C(=O)N(Cc3ccc(Cl)nc3)C(=O)C3C=C(S(=O)(=O)NC4(C)CC4)SC32)s1. The maximum Gasteiger partial charge on any atom is 0.328 e. The molecule has 2 fully saturated rings. The highest BCUT2D eigenvalue weighted by molar-refractivity contribution is 8.18. The van der Waals surface area contributed by atoms with E-state index >= 15 is 0 Å². The first-order valence-corrected chi connectivity index (χ1v) is 14.6. The third-order valence-corrected chi connectivity index (χ3v) is 11.1. The van der Waals surface area contributed by atoms with E-state index in [4.69, 9.17) is 11.6 Å². The second-order valence-electron chi connectivity index (χ2n) is 9.25. The molecule has 2 aromatic rings. The lowest BCUT2D eigenvalue weighted by Gasteiger charge is -2.41. The molecule has 0 aromatic carbocycles. The van der Waals surface area contributed by atoms with Gasteiger partial charge >= 0.3 is 6.03 Å². The quantitative estimate of drug-likeness (QED) is 0.519. The molecule has 2 aromatic heterocycles. The number of carbonyl (C=O) groups excluding carboxylic acids is 2. The van der Waals surface area contributed by atoms with Gasteiger partial charge in [-0.15, -0.1) is 11.3 Å². The lowest BCUT2D eigenvalue weighted by Crippen LogP contribution is -2.58. The maximum atomic E-state index is 13.6. The van der Waals surface area contributed by atoms with Crippen LogP contribution in [0.4, 0.5) is 4.79 Å². The molecule has 3 aliphatic rings. The molecule has 5 rings (SSSR count). The molecule has 1 saturated heterocycles. The molecule has 1 N–H and O–H groups in total. The summed E-state index contributed by atoms with van der Waals surface area (Å²) in [7, 11) is -3.80. The molecule has 1 aliphatic carbocycles. The van der Waals surface area contributed by atoms with E-state index in [1.54, 1.807) is 17.0 Å². The van der Waals surface area contributed by atoms with Crippen molar-refractivity contribution in [3.63, 3.8) is 0 Å². The monoisotopic (exact) mass is 553 g/mol. The van der Waals surface area contributed by atoms with Crippen molar-refractivity contribution in [3.05, 3.63) is 54.9 Å². The van der Waals surface area contributed by atoms with Crippen molar-refractivity contribution >= 4 is 56.7 Å². The molecule has 0 spiro atoms. The second-order valence-corrected chi connectivity index (χ2v) is 14.0. The van der Waals surface area contributed by atoms with Crippen LogP contribution >= 0.6 is 34.7 Å². The molecule has 2 unspecified atom stereocenters. The van der Waals surface area contributed by atoms with Gasteiger partial charge in [0.2, 0.25) is 15.9 Å². The zero-order valence-corrected chi connectivity index (χ0v) is 22.5. The highest BCUT2D eigenvalue weighted by Crippen LogP contribution is 2.47. The minimum atomic E-state index is -3.80. The van der Waals surface area contributed by atoms with E-state index in [0.29, 0.717) is 10.7 Å². The van der Waals surface area contributed by atoms with Crippen molar-refractivity contribution in [2.75, 3.05) is 0 Å². The smallest absolute Gasteiger partial charge is 0.306 e. The highest BCUT2D eigenvalue weighted by atomic mass is 35.5. The zero-order chi connectivity index (χ0) is 25.1. The molecule has 1 saturated carbocycles. The van der Waals surface area contributed by atoms with Crippen LogP contribution in [-0.4, -0.2) is 51.0 Å². The lowest BCUT2D eigenvalue weighted by atomic mass is 10.0. The van der Waals surface area contributed by atoms with E-state index in [-0.39, 0.29) is 17.3 Å². The lowest BCUT2D eigenvalue weighted by molar-refractivity contribution is -0.135. The summed E-state index contributed by atoms with van der Waals surface area (Å²) >= 11 is 8.41. The van der Waals surface area contributed by atoms with Crippen LogP contribution < -0.4 is 4.72 Å². The Bertz CT molecular complexity index is 1340. The molecule has 0 radical (unpaired) electrons. The van der Waals surface area contributed by atoms with Crippen LogP contribution in [0.25, 0.3) is 0 Å². The number of fused-ring (bicyclic) bond motifs is 1. The molecule has 3 amide bonds. The van der Waals surface area contributed by atoms with Crippen LogP contribution in [-0.2, 0) is 27.9 Å². The molecule has 9 nitrogen and oxygen atoms in total. The number of nitrogens with zero attached hydrogens (tertiary/aromatic N) is 4. The van der Waals surface area contributed by atoms with Gasteiger partial charge in [0.1, 0.15) is 14.8 Å². The van der Waals surface area contributed by atoms with Crippen LogP contribution in [0, 0.1) is 19.8 Å². The third-order valence-electron chi connectivity index (χ3n) is 6.28. The largest absolute Gasteiger partial charge is 0.328 e. The Kier molecular flexibility index (Phi) is 6.24. The van der Waals surface area contributed by atoms with E-state index < -0.39 is 38.8 Å². The number of carbonyl (C=O) groups is 2. The zero-order valence-electron chi connectivity index (χ0n) is 19.3. The summed E-state index contributed by atoms with van der Waals surface area (Å²) in [6.45, 7) is 5.88. The molecular formula is C22H24ClN5O4S3. The topological polar surface area (TPSA) is 113 Å². The summed E-state index contributed by atoms with van der Waals surface area (Å²) in [5, 5.41) is 0.528. The number of urea groups is 1. The number of pyridine rings is 1. The number of hydrogen-bond donors (Lipinski definition) is 1. The summed E-state index contributed by atoms with van der Waals surface area (Å²) in [4.78, 5) is 39.2. The Morgan fingerprint density at radius 1 is 1.23 bits per heavy atom. The Labute approximate surface area is 217 Å². The van der Waals surface area contributed by atoms with E-state index in [1.165, 1.54) is 23.6 Å². The number of halogens is 1. The van der Waals surface area contributed by atoms with Gasteiger partial charge in [0, 0.05) is 16.6 Å². The van der Waals surface area contributed by atoms with Crippen molar-refractivity contribution in [1.82, 2.24) is 24.5 Å². The number of hydrogen-bond acceptors (Lipinski definition) is 8. The summed E-state index contributed by atoms with van der Waals surface area (Å²) in [5.41, 5.74) is 1.01. The van der Waals surface area contributed by atoms with E-state index in [9.17, 15) is 18.0 Å². The Balaban J connectivity index is 1.48. The molecule has 4 heterocycles. The average Bonchev–Trinajstić information content (AvgIpc) is 3.17. The number of aromatic nitrogens is 2. The van der Waals surface area contributed by atoms with E-state index in [1.807, 2.05) is 20.8 Å². The van der Waals surface area contributed by atoms with Crippen molar-refractivity contribution in [2.24, 2.45) is 5.92 Å². The van der Waals surface area contributed by atoms with Gasteiger partial charge in [0.05, 0.1) is 29.7 Å². The Morgan fingerprint density at radius 3 is 2.57 bits per heavy atom. The van der Waals surface area contributed by atoms with Gasteiger partial charge in [-0.25, -0.2) is 27.9 Å². The fourth-order valence-electron chi connectivity index (χ4n) is 4.13. The number of thioether (sulfide) groups is 1. The predicted octanol–water partition coefficient (Wildman–Crippen LogP) is 3.78. The molecule has 13 heteroatoms. The first-order chi connectivity index (χ1) is 16.5. The Hall–Kier alpha value is -1.99. The van der Waals surface area contributed by atoms with Crippen LogP contribution in [0.15, 0.2) is 28.6 Å². The van der Waals surface area contributed by atoms with Crippen LogP contribution in [0.3, 0.4) is 0 Å². The summed E-state index contributed by atoms with van der Waals surface area (Å²) in [6, 6.07) is 2.83. The van der Waals surface area contributed by atoms with Gasteiger partial charge in [-0.05, 0) is 51.3 Å². The number of nitrogens with one attached hydrogen (secondary N) is 1. The fourth-order valence-corrected chi connectivity index (χ4v) is 8.48. The molecule has 2 aliphatic heterocycles. The van der Waals surface area contributed by atoms with Crippen molar-refractivity contribution in [1.29, 1.82) is 0 Å². The number of rotatable bonds is 7. The van der Waals surface area contributed by atoms with Gasteiger partial charge in [-0.1, -0.05) is 29.4 Å². The first kappa shape index (κ1) is 24.7. The summed E-state index contributed by atoms with van der Waals surface area (Å²) in [6.07, 6.45) is 4.55. The third kappa shape index (κ3) is 4.86. The van der Waals surface area contributed by atoms with Crippen LogP contribution in [0.5, 0.6) is 0 Å². The van der Waals surface area contributed by atoms with Gasteiger partial charge in [0.15, 0.2) is 0 Å². The van der Waals surface area contributed by atoms with E-state index in [2.05, 4.69) is 14.7 Å².